The number of nitrogens with zero attached hydrogens (tertiary/aromatic N) is 3. The predicted molar refractivity (Wildman–Crippen MR) is 89.4 cm³/mol. The van der Waals surface area contributed by atoms with Crippen LogP contribution in [-0.4, -0.2) is 19.9 Å². The van der Waals surface area contributed by atoms with Crippen molar-refractivity contribution >= 4 is 17.2 Å². The highest BCUT2D eigenvalue weighted by Crippen LogP contribution is 2.19. The summed E-state index contributed by atoms with van der Waals surface area (Å²) in [6.45, 7) is 6.55. The SMILES string of the molecule is CN(C)c1cc[n+](C(=Nc2ccccc2)C(C)(C)C)cc1. The number of benzene rings is 1. The van der Waals surface area contributed by atoms with Crippen LogP contribution in [0.1, 0.15) is 20.8 Å². The van der Waals surface area contributed by atoms with E-state index >= 15 is 0 Å². The summed E-state index contributed by atoms with van der Waals surface area (Å²) in [6.07, 6.45) is 4.14. The molecule has 2 rings (SSSR count). The summed E-state index contributed by atoms with van der Waals surface area (Å²) >= 11 is 0. The number of anilines is 1. The monoisotopic (exact) mass is 282 g/mol. The Morgan fingerprint density at radius 3 is 2.00 bits per heavy atom. The Bertz CT molecular complexity index is 605. The van der Waals surface area contributed by atoms with Gasteiger partial charge in [-0.1, -0.05) is 18.2 Å². The molecule has 0 atom stereocenters. The summed E-state index contributed by atoms with van der Waals surface area (Å²) in [5.74, 6) is 1.03. The lowest BCUT2D eigenvalue weighted by Gasteiger charge is -2.17. The van der Waals surface area contributed by atoms with E-state index < -0.39 is 0 Å². The highest BCUT2D eigenvalue weighted by molar-refractivity contribution is 5.81. The average Bonchev–Trinajstić information content (AvgIpc) is 2.45. The number of hydrogen-bond donors (Lipinski definition) is 0. The zero-order valence-corrected chi connectivity index (χ0v) is 13.5. The smallest absolute Gasteiger partial charge is 0.308 e. The van der Waals surface area contributed by atoms with Gasteiger partial charge in [-0.2, -0.15) is 0 Å². The van der Waals surface area contributed by atoms with Crippen molar-refractivity contribution in [1.82, 2.24) is 0 Å². The molecular weight excluding hydrogens is 258 g/mol. The van der Waals surface area contributed by atoms with Gasteiger partial charge in [-0.3, -0.25) is 0 Å². The molecule has 3 heteroatoms. The number of pyridine rings is 1. The van der Waals surface area contributed by atoms with Gasteiger partial charge in [0.1, 0.15) is 0 Å². The highest BCUT2D eigenvalue weighted by Gasteiger charge is 2.29. The van der Waals surface area contributed by atoms with Crippen LogP contribution in [0.5, 0.6) is 0 Å². The first-order valence-corrected chi connectivity index (χ1v) is 7.21. The predicted octanol–water partition coefficient (Wildman–Crippen LogP) is 3.66. The number of hydrogen-bond acceptors (Lipinski definition) is 2. The maximum Gasteiger partial charge on any atom is 0.308 e. The van der Waals surface area contributed by atoms with Crippen molar-refractivity contribution in [2.45, 2.75) is 20.8 Å². The van der Waals surface area contributed by atoms with Gasteiger partial charge in [0.05, 0.1) is 17.8 Å². The van der Waals surface area contributed by atoms with Crippen molar-refractivity contribution in [3.05, 3.63) is 54.9 Å². The Morgan fingerprint density at radius 2 is 1.52 bits per heavy atom. The Kier molecular flexibility index (Phi) is 4.41. The number of rotatable bonds is 2. The van der Waals surface area contributed by atoms with E-state index in [1.807, 2.05) is 44.4 Å². The molecule has 0 aliphatic carbocycles. The number of aliphatic imine (C=N–C) groups is 1. The van der Waals surface area contributed by atoms with E-state index in [0.717, 1.165) is 11.5 Å². The standard InChI is InChI=1S/C18H24N3/c1-18(2,3)17(19-15-9-7-6-8-10-15)21-13-11-16(12-14-21)20(4)5/h6-14H,1-5H3/q+1. The lowest BCUT2D eigenvalue weighted by Crippen LogP contribution is -2.49. The first kappa shape index (κ1) is 15.2. The van der Waals surface area contributed by atoms with E-state index in [1.54, 1.807) is 0 Å². The molecule has 0 aliphatic rings. The molecule has 0 amide bonds. The number of aromatic nitrogens is 1. The van der Waals surface area contributed by atoms with Crippen molar-refractivity contribution in [3.63, 3.8) is 0 Å². The van der Waals surface area contributed by atoms with Crippen molar-refractivity contribution in [2.24, 2.45) is 10.4 Å². The molecule has 2 aromatic rings. The normalized spacial score (nSPS) is 12.3. The molecular formula is C18H24N3+. The van der Waals surface area contributed by atoms with Crippen LogP contribution >= 0.6 is 0 Å². The minimum atomic E-state index is -0.0415. The molecule has 1 heterocycles. The molecule has 0 spiro atoms. The summed E-state index contributed by atoms with van der Waals surface area (Å²) in [4.78, 5) is 6.93. The fourth-order valence-electron chi connectivity index (χ4n) is 2.10. The van der Waals surface area contributed by atoms with Crippen LogP contribution in [-0.2, 0) is 0 Å². The van der Waals surface area contributed by atoms with E-state index in [1.165, 1.54) is 5.69 Å². The lowest BCUT2D eigenvalue weighted by atomic mass is 9.94. The lowest BCUT2D eigenvalue weighted by molar-refractivity contribution is -0.562. The first-order valence-electron chi connectivity index (χ1n) is 7.21. The third-order valence-corrected chi connectivity index (χ3v) is 3.23. The Hall–Kier alpha value is -2.16. The first-order chi connectivity index (χ1) is 9.88. The molecule has 0 radical (unpaired) electrons. The topological polar surface area (TPSA) is 19.5 Å². The molecule has 0 bridgehead atoms. The van der Waals surface area contributed by atoms with Crippen LogP contribution in [0.4, 0.5) is 11.4 Å². The molecule has 3 nitrogen and oxygen atoms in total. The summed E-state index contributed by atoms with van der Waals surface area (Å²) < 4.78 is 2.10. The molecule has 21 heavy (non-hydrogen) atoms. The van der Waals surface area contributed by atoms with Crippen LogP contribution in [0, 0.1) is 5.41 Å². The maximum absolute atomic E-state index is 4.84. The average molecular weight is 282 g/mol. The quantitative estimate of drug-likeness (QED) is 0.467. The molecule has 1 aromatic heterocycles. The largest absolute Gasteiger partial charge is 0.377 e. The van der Waals surface area contributed by atoms with Crippen molar-refractivity contribution in [3.8, 4) is 0 Å². The van der Waals surface area contributed by atoms with Gasteiger partial charge >= 0.3 is 5.84 Å². The van der Waals surface area contributed by atoms with E-state index in [-0.39, 0.29) is 5.41 Å². The van der Waals surface area contributed by atoms with Gasteiger partial charge < -0.3 is 4.90 Å². The van der Waals surface area contributed by atoms with E-state index in [0.29, 0.717) is 0 Å². The summed E-state index contributed by atoms with van der Waals surface area (Å²) in [5, 5.41) is 0. The van der Waals surface area contributed by atoms with Crippen molar-refractivity contribution in [2.75, 3.05) is 19.0 Å². The van der Waals surface area contributed by atoms with Crippen LogP contribution in [0.3, 0.4) is 0 Å². The Labute approximate surface area is 127 Å². The van der Waals surface area contributed by atoms with Crippen molar-refractivity contribution in [1.29, 1.82) is 0 Å². The van der Waals surface area contributed by atoms with Gasteiger partial charge in [0.2, 0.25) is 0 Å². The van der Waals surface area contributed by atoms with Crippen molar-refractivity contribution < 1.29 is 4.57 Å². The van der Waals surface area contributed by atoms with Gasteiger partial charge in [0, 0.05) is 31.9 Å². The molecule has 0 fully saturated rings. The second-order valence-corrected chi connectivity index (χ2v) is 6.38. The van der Waals surface area contributed by atoms with E-state index in [4.69, 9.17) is 4.99 Å². The molecule has 0 saturated heterocycles. The number of para-hydroxylation sites is 1. The fraction of sp³-hybridized carbons (Fsp3) is 0.333. The molecule has 110 valence electrons. The molecule has 1 aromatic carbocycles. The highest BCUT2D eigenvalue weighted by atomic mass is 15.1. The third kappa shape index (κ3) is 3.91. The van der Waals surface area contributed by atoms with Crippen LogP contribution in [0.2, 0.25) is 0 Å². The zero-order chi connectivity index (χ0) is 15.5. The zero-order valence-electron chi connectivity index (χ0n) is 13.5. The molecule has 0 N–H and O–H groups in total. The molecule has 0 saturated carbocycles. The molecule has 0 unspecified atom stereocenters. The van der Waals surface area contributed by atoms with E-state index in [9.17, 15) is 0 Å². The summed E-state index contributed by atoms with van der Waals surface area (Å²) in [6, 6.07) is 14.3. The maximum atomic E-state index is 4.84. The Balaban J connectivity index is 2.44. The summed E-state index contributed by atoms with van der Waals surface area (Å²) in [7, 11) is 4.09. The second-order valence-electron chi connectivity index (χ2n) is 6.38. The van der Waals surface area contributed by atoms with E-state index in [2.05, 4.69) is 54.8 Å². The third-order valence-electron chi connectivity index (χ3n) is 3.23. The van der Waals surface area contributed by atoms with Crippen LogP contribution < -0.4 is 9.47 Å². The minimum Gasteiger partial charge on any atom is -0.377 e. The molecule has 0 aliphatic heterocycles. The Morgan fingerprint density at radius 1 is 0.952 bits per heavy atom. The van der Waals surface area contributed by atoms with Crippen LogP contribution in [0.15, 0.2) is 59.9 Å². The second kappa shape index (κ2) is 6.08. The minimum absolute atomic E-state index is 0.0415. The summed E-state index contributed by atoms with van der Waals surface area (Å²) in [5.41, 5.74) is 2.12. The van der Waals surface area contributed by atoms with Gasteiger partial charge in [-0.25, -0.2) is 4.57 Å². The van der Waals surface area contributed by atoms with Gasteiger partial charge in [-0.05, 0) is 37.9 Å². The van der Waals surface area contributed by atoms with Crippen LogP contribution in [0.25, 0.3) is 0 Å². The van der Waals surface area contributed by atoms with Gasteiger partial charge in [0.25, 0.3) is 0 Å². The van der Waals surface area contributed by atoms with Gasteiger partial charge in [-0.15, -0.1) is 0 Å². The van der Waals surface area contributed by atoms with Gasteiger partial charge in [0.15, 0.2) is 5.69 Å². The fourth-order valence-corrected chi connectivity index (χ4v) is 2.10.